The van der Waals surface area contributed by atoms with Crippen LogP contribution >= 0.6 is 23.2 Å². The Morgan fingerprint density at radius 3 is 2.57 bits per heavy atom. The summed E-state index contributed by atoms with van der Waals surface area (Å²) in [5, 5.41) is 9.51. The third-order valence-electron chi connectivity index (χ3n) is 2.89. The Labute approximate surface area is 131 Å². The third-order valence-corrected chi connectivity index (χ3v) is 3.42. The SMILES string of the molecule is O=C(O)CN(Cc1cccc(Cl)c1F)c1cccc(Cl)c1. The highest BCUT2D eigenvalue weighted by Crippen LogP contribution is 2.24. The predicted octanol–water partition coefficient (Wildman–Crippen LogP) is 4.22. The van der Waals surface area contributed by atoms with Gasteiger partial charge >= 0.3 is 5.97 Å². The molecule has 0 bridgehead atoms. The molecule has 2 aromatic carbocycles. The molecule has 0 amide bonds. The average molecular weight is 328 g/mol. The van der Waals surface area contributed by atoms with Crippen LogP contribution in [0.4, 0.5) is 10.1 Å². The van der Waals surface area contributed by atoms with Gasteiger partial charge in [-0.3, -0.25) is 4.79 Å². The van der Waals surface area contributed by atoms with E-state index in [0.29, 0.717) is 16.3 Å². The molecule has 0 aliphatic carbocycles. The van der Waals surface area contributed by atoms with E-state index in [1.54, 1.807) is 36.4 Å². The van der Waals surface area contributed by atoms with Gasteiger partial charge in [-0.1, -0.05) is 41.4 Å². The third kappa shape index (κ3) is 4.09. The maximum absolute atomic E-state index is 14.0. The minimum atomic E-state index is -1.02. The van der Waals surface area contributed by atoms with Gasteiger partial charge in [0.1, 0.15) is 12.4 Å². The number of halogens is 3. The van der Waals surface area contributed by atoms with Crippen molar-refractivity contribution in [1.82, 2.24) is 0 Å². The number of nitrogens with zero attached hydrogens (tertiary/aromatic N) is 1. The Morgan fingerprint density at radius 1 is 1.19 bits per heavy atom. The summed E-state index contributed by atoms with van der Waals surface area (Å²) >= 11 is 11.7. The number of carboxylic acids is 1. The lowest BCUT2D eigenvalue weighted by atomic mass is 10.1. The lowest BCUT2D eigenvalue weighted by Crippen LogP contribution is -2.29. The van der Waals surface area contributed by atoms with Crippen molar-refractivity contribution in [3.63, 3.8) is 0 Å². The van der Waals surface area contributed by atoms with Crippen molar-refractivity contribution in [1.29, 1.82) is 0 Å². The lowest BCUT2D eigenvalue weighted by Gasteiger charge is -2.23. The molecule has 110 valence electrons. The summed E-state index contributed by atoms with van der Waals surface area (Å²) < 4.78 is 14.0. The molecular formula is C15H12Cl2FNO2. The Balaban J connectivity index is 2.32. The normalized spacial score (nSPS) is 10.4. The van der Waals surface area contributed by atoms with E-state index in [4.69, 9.17) is 28.3 Å². The van der Waals surface area contributed by atoms with Crippen molar-refractivity contribution in [3.8, 4) is 0 Å². The van der Waals surface area contributed by atoms with E-state index in [1.807, 2.05) is 0 Å². The first-order valence-electron chi connectivity index (χ1n) is 6.12. The van der Waals surface area contributed by atoms with Gasteiger partial charge < -0.3 is 10.0 Å². The van der Waals surface area contributed by atoms with Crippen molar-refractivity contribution in [2.45, 2.75) is 6.54 Å². The van der Waals surface area contributed by atoms with Crippen molar-refractivity contribution in [2.24, 2.45) is 0 Å². The molecule has 0 fully saturated rings. The Morgan fingerprint density at radius 2 is 1.90 bits per heavy atom. The molecule has 0 unspecified atom stereocenters. The fourth-order valence-corrected chi connectivity index (χ4v) is 2.33. The minimum Gasteiger partial charge on any atom is -0.480 e. The summed E-state index contributed by atoms with van der Waals surface area (Å²) in [4.78, 5) is 12.5. The second-order valence-electron chi connectivity index (χ2n) is 4.44. The molecule has 0 aliphatic heterocycles. The van der Waals surface area contributed by atoms with E-state index < -0.39 is 11.8 Å². The van der Waals surface area contributed by atoms with E-state index in [2.05, 4.69) is 0 Å². The highest BCUT2D eigenvalue weighted by atomic mass is 35.5. The second kappa shape index (κ2) is 6.78. The van der Waals surface area contributed by atoms with Gasteiger partial charge in [-0.25, -0.2) is 4.39 Å². The molecule has 0 aromatic heterocycles. The largest absolute Gasteiger partial charge is 0.480 e. The van der Waals surface area contributed by atoms with E-state index in [-0.39, 0.29) is 18.1 Å². The number of anilines is 1. The van der Waals surface area contributed by atoms with Crippen LogP contribution in [0.5, 0.6) is 0 Å². The first-order valence-corrected chi connectivity index (χ1v) is 6.88. The second-order valence-corrected chi connectivity index (χ2v) is 5.29. The fraction of sp³-hybridized carbons (Fsp3) is 0.133. The smallest absolute Gasteiger partial charge is 0.323 e. The van der Waals surface area contributed by atoms with Crippen LogP contribution in [-0.2, 0) is 11.3 Å². The zero-order valence-corrected chi connectivity index (χ0v) is 12.4. The monoisotopic (exact) mass is 327 g/mol. The fourth-order valence-electron chi connectivity index (χ4n) is 1.95. The van der Waals surface area contributed by atoms with Crippen LogP contribution in [0.15, 0.2) is 42.5 Å². The van der Waals surface area contributed by atoms with Crippen LogP contribution in [0.3, 0.4) is 0 Å². The van der Waals surface area contributed by atoms with Crippen LogP contribution in [0.25, 0.3) is 0 Å². The van der Waals surface area contributed by atoms with Gasteiger partial charge in [0.05, 0.1) is 5.02 Å². The number of rotatable bonds is 5. The van der Waals surface area contributed by atoms with Crippen LogP contribution in [0, 0.1) is 5.82 Å². The zero-order valence-electron chi connectivity index (χ0n) is 10.9. The Bertz CT molecular complexity index is 664. The van der Waals surface area contributed by atoms with Crippen molar-refractivity contribution in [3.05, 3.63) is 63.9 Å². The number of hydrogen-bond acceptors (Lipinski definition) is 2. The maximum Gasteiger partial charge on any atom is 0.323 e. The van der Waals surface area contributed by atoms with Crippen LogP contribution in [0.2, 0.25) is 10.0 Å². The molecule has 21 heavy (non-hydrogen) atoms. The number of benzene rings is 2. The molecule has 2 rings (SSSR count). The highest BCUT2D eigenvalue weighted by molar-refractivity contribution is 6.31. The molecule has 0 radical (unpaired) electrons. The molecule has 3 nitrogen and oxygen atoms in total. The van der Waals surface area contributed by atoms with Crippen LogP contribution in [0.1, 0.15) is 5.56 Å². The molecule has 2 aromatic rings. The summed E-state index contributed by atoms with van der Waals surface area (Å²) in [6, 6.07) is 11.4. The van der Waals surface area contributed by atoms with E-state index in [1.165, 1.54) is 11.0 Å². The first kappa shape index (κ1) is 15.6. The Kier molecular flexibility index (Phi) is 5.04. The average Bonchev–Trinajstić information content (AvgIpc) is 2.42. The van der Waals surface area contributed by atoms with Crippen LogP contribution in [-0.4, -0.2) is 17.6 Å². The van der Waals surface area contributed by atoms with Gasteiger partial charge in [0.25, 0.3) is 0 Å². The van der Waals surface area contributed by atoms with Gasteiger partial charge in [0, 0.05) is 22.8 Å². The molecule has 0 aliphatic rings. The molecule has 1 N–H and O–H groups in total. The number of hydrogen-bond donors (Lipinski definition) is 1. The summed E-state index contributed by atoms with van der Waals surface area (Å²) in [7, 11) is 0. The molecular weight excluding hydrogens is 316 g/mol. The van der Waals surface area contributed by atoms with Gasteiger partial charge in [-0.15, -0.1) is 0 Å². The summed E-state index contributed by atoms with van der Waals surface area (Å²) in [6.07, 6.45) is 0. The molecule has 0 atom stereocenters. The summed E-state index contributed by atoms with van der Waals surface area (Å²) in [5.41, 5.74) is 0.924. The predicted molar refractivity (Wildman–Crippen MR) is 81.5 cm³/mol. The van der Waals surface area contributed by atoms with Crippen LogP contribution < -0.4 is 4.90 Å². The van der Waals surface area contributed by atoms with Gasteiger partial charge in [-0.2, -0.15) is 0 Å². The summed E-state index contributed by atoms with van der Waals surface area (Å²) in [6.45, 7) is -0.189. The molecule has 0 spiro atoms. The van der Waals surface area contributed by atoms with Crippen molar-refractivity contribution in [2.75, 3.05) is 11.4 Å². The number of aliphatic carboxylic acids is 1. The van der Waals surface area contributed by atoms with E-state index in [9.17, 15) is 9.18 Å². The van der Waals surface area contributed by atoms with Gasteiger partial charge in [0.15, 0.2) is 0 Å². The zero-order chi connectivity index (χ0) is 15.4. The van der Waals surface area contributed by atoms with Crippen molar-refractivity contribution < 1.29 is 14.3 Å². The van der Waals surface area contributed by atoms with Gasteiger partial charge in [-0.05, 0) is 24.3 Å². The molecule has 0 saturated carbocycles. The standard InChI is InChI=1S/C15H12Cl2FNO2/c16-11-4-2-5-12(7-11)19(9-14(20)21)8-10-3-1-6-13(17)15(10)18/h1-7H,8-9H2,(H,20,21). The topological polar surface area (TPSA) is 40.5 Å². The van der Waals surface area contributed by atoms with E-state index in [0.717, 1.165) is 0 Å². The molecule has 0 heterocycles. The van der Waals surface area contributed by atoms with Gasteiger partial charge in [0.2, 0.25) is 0 Å². The minimum absolute atomic E-state index is 0.00821. The first-order chi connectivity index (χ1) is 9.97. The molecule has 6 heteroatoms. The number of carboxylic acid groups (broad SMARTS) is 1. The quantitative estimate of drug-likeness (QED) is 0.893. The summed E-state index contributed by atoms with van der Waals surface area (Å²) in [5.74, 6) is -1.56. The van der Waals surface area contributed by atoms with E-state index >= 15 is 0 Å². The Hall–Kier alpha value is -1.78. The lowest BCUT2D eigenvalue weighted by molar-refractivity contribution is -0.135. The molecule has 0 saturated heterocycles. The highest BCUT2D eigenvalue weighted by Gasteiger charge is 2.15. The number of carbonyl (C=O) groups is 1. The maximum atomic E-state index is 14.0. The van der Waals surface area contributed by atoms with Crippen molar-refractivity contribution >= 4 is 34.9 Å².